The third kappa shape index (κ3) is 7.16. The van der Waals surface area contributed by atoms with Gasteiger partial charge in [0.1, 0.15) is 34.1 Å². The van der Waals surface area contributed by atoms with Crippen molar-refractivity contribution in [1.82, 2.24) is 9.55 Å². The van der Waals surface area contributed by atoms with Gasteiger partial charge >= 0.3 is 0 Å². The number of hydrogen-bond acceptors (Lipinski definition) is 4. The van der Waals surface area contributed by atoms with Gasteiger partial charge in [0, 0.05) is 34.0 Å². The van der Waals surface area contributed by atoms with Gasteiger partial charge in [-0.15, -0.1) is 0 Å². The van der Waals surface area contributed by atoms with Gasteiger partial charge < -0.3 is 9.64 Å². The number of fused-ring (bicyclic) bond motifs is 14. The van der Waals surface area contributed by atoms with E-state index in [4.69, 9.17) is 14.7 Å². The molecule has 4 aliphatic heterocycles. The van der Waals surface area contributed by atoms with Crippen LogP contribution in [0.5, 0.6) is 11.5 Å². The summed E-state index contributed by atoms with van der Waals surface area (Å²) >= 11 is 0. The molecule has 2 unspecified atom stereocenters. The molecule has 9 aromatic rings. The molecule has 0 saturated heterocycles. The molecule has 82 heavy (non-hydrogen) atoms. The second kappa shape index (κ2) is 17.0. The molecule has 416 valence electrons. The molecule has 0 radical (unpaired) electrons. The van der Waals surface area contributed by atoms with Crippen LogP contribution in [0.3, 0.4) is 0 Å². The predicted octanol–water partition coefficient (Wildman–Crippen LogP) is 19.9. The van der Waals surface area contributed by atoms with Crippen molar-refractivity contribution in [2.45, 2.75) is 189 Å². The molecule has 5 heteroatoms. The van der Waals surface area contributed by atoms with Crippen LogP contribution in [0.15, 0.2) is 120 Å². The number of aryl methyl sites for hydroxylation is 5. The Morgan fingerprint density at radius 2 is 1.26 bits per heavy atom. The zero-order chi connectivity index (χ0) is 58.0. The Bertz CT molecular complexity index is 4350. The van der Waals surface area contributed by atoms with Crippen LogP contribution in [0.2, 0.25) is 0 Å². The van der Waals surface area contributed by atoms with Gasteiger partial charge in [0.2, 0.25) is 0 Å². The Balaban J connectivity index is 1.05. The lowest BCUT2D eigenvalue weighted by Gasteiger charge is -2.57. The highest BCUT2D eigenvalue weighted by Gasteiger charge is 2.66. The van der Waals surface area contributed by atoms with E-state index >= 15 is 0 Å². The second-order valence-corrected chi connectivity index (χ2v) is 29.7. The Morgan fingerprint density at radius 1 is 0.585 bits per heavy atom. The zero-order valence-electron chi connectivity index (χ0n) is 52.2. The van der Waals surface area contributed by atoms with Crippen LogP contribution in [-0.2, 0) is 39.2 Å². The van der Waals surface area contributed by atoms with Gasteiger partial charge in [-0.2, -0.15) is 0 Å². The van der Waals surface area contributed by atoms with Gasteiger partial charge in [0.15, 0.2) is 0 Å². The van der Waals surface area contributed by atoms with E-state index < -0.39 is 11.1 Å². The number of anilines is 1. The number of rotatable bonds is 2. The molecule has 5 aliphatic rings. The van der Waals surface area contributed by atoms with E-state index in [0.717, 1.165) is 58.2 Å². The van der Waals surface area contributed by atoms with Crippen LogP contribution in [0.25, 0.3) is 49.9 Å². The molecular formula is C77H82N4O. The molecule has 0 saturated carbocycles. The van der Waals surface area contributed by atoms with E-state index in [1.807, 2.05) is 6.20 Å². The molecule has 1 spiro atoms. The quantitative estimate of drug-likeness (QED) is 0.173. The molecule has 5 nitrogen and oxygen atoms in total. The van der Waals surface area contributed by atoms with E-state index in [2.05, 4.69) is 250 Å². The highest BCUT2D eigenvalue weighted by molar-refractivity contribution is 6.16. The van der Waals surface area contributed by atoms with E-state index in [0.29, 0.717) is 0 Å². The summed E-state index contributed by atoms with van der Waals surface area (Å²) in [6.07, 6.45) is 3.78. The van der Waals surface area contributed by atoms with Crippen LogP contribution in [0, 0.1) is 34.6 Å². The average molecular weight is 1080 g/mol. The van der Waals surface area contributed by atoms with Crippen molar-refractivity contribution < 1.29 is 4.74 Å². The first-order valence-corrected chi connectivity index (χ1v) is 30.4. The number of aliphatic imine (C=N–C) groups is 1. The molecule has 2 aromatic heterocycles. The number of aromatic nitrogens is 2. The fourth-order valence-corrected chi connectivity index (χ4v) is 16.2. The second-order valence-electron chi connectivity index (χ2n) is 29.7. The molecule has 0 fully saturated rings. The van der Waals surface area contributed by atoms with Crippen molar-refractivity contribution in [2.24, 2.45) is 4.99 Å². The summed E-state index contributed by atoms with van der Waals surface area (Å²) in [5, 5.41) is 2.49. The fourth-order valence-electron chi connectivity index (χ4n) is 16.2. The van der Waals surface area contributed by atoms with Gasteiger partial charge in [-0.05, 0) is 219 Å². The number of nitrogens with zero attached hydrogens (tertiary/aromatic N) is 4. The van der Waals surface area contributed by atoms with Crippen molar-refractivity contribution in [3.05, 3.63) is 204 Å². The normalized spacial score (nSPS) is 21.0. The molecular weight excluding hydrogens is 997 g/mol. The Labute approximate surface area is 487 Å². The molecule has 0 amide bonds. The third-order valence-corrected chi connectivity index (χ3v) is 20.5. The van der Waals surface area contributed by atoms with Crippen LogP contribution in [-0.4, -0.2) is 15.4 Å². The molecule has 6 heterocycles. The Hall–Kier alpha value is -7.24. The first-order chi connectivity index (χ1) is 38.5. The largest absolute Gasteiger partial charge is 0.457 e. The van der Waals surface area contributed by atoms with Gasteiger partial charge in [-0.25, -0.2) is 4.98 Å². The number of benzene rings is 7. The first kappa shape index (κ1) is 52.8. The lowest BCUT2D eigenvalue weighted by Crippen LogP contribution is -2.59. The van der Waals surface area contributed by atoms with Gasteiger partial charge in [0.05, 0.1) is 16.9 Å². The van der Waals surface area contributed by atoms with Crippen molar-refractivity contribution >= 4 is 33.5 Å². The van der Waals surface area contributed by atoms with Crippen LogP contribution in [0.4, 0.5) is 5.69 Å². The van der Waals surface area contributed by atoms with Crippen LogP contribution in [0.1, 0.15) is 204 Å². The minimum atomic E-state index is -0.671. The van der Waals surface area contributed by atoms with Crippen molar-refractivity contribution in [3.8, 4) is 39.4 Å². The van der Waals surface area contributed by atoms with E-state index in [-0.39, 0.29) is 33.5 Å². The molecule has 1 aliphatic carbocycles. The van der Waals surface area contributed by atoms with Crippen LogP contribution >= 0.6 is 0 Å². The van der Waals surface area contributed by atoms with E-state index in [1.165, 1.54) is 117 Å². The fraction of sp³-hybridized carbons (Fsp3) is 0.377. The molecule has 0 N–H and O–H groups in total. The Kier molecular flexibility index (Phi) is 10.9. The minimum absolute atomic E-state index is 0.0286. The standard InChI is InChI=1S/C77H82N4O/c1-41-28-46(6)66-48(29-41)30-44(4)55-23-20-42(2)65-47(7)40-77-60-25-22-52(73(11,12)13)36-57(60)56-35-51(72(8,9)10)21-24-59(56)76(77,19)79-70(81(77)69(55)65)50-32-49(66)33-54(34-50)82-64-39-63-61(31-45(64)5)75(17,18)62-38-53(74(14,15)16)37-58-67-43(3)26-27-78-71(67)80(63)68(58)62/h20-29,31-39,44,47H,30,40H2,1-19H3/t44?,47?,76-,77+/m1/s1. The highest BCUT2D eigenvalue weighted by atomic mass is 16.5. The zero-order valence-corrected chi connectivity index (χ0v) is 52.2. The van der Waals surface area contributed by atoms with E-state index in [1.54, 1.807) is 0 Å². The maximum absolute atomic E-state index is 7.62. The monoisotopic (exact) mass is 1080 g/mol. The lowest BCUT2D eigenvalue weighted by atomic mass is 9.56. The van der Waals surface area contributed by atoms with Crippen molar-refractivity contribution in [3.63, 3.8) is 0 Å². The molecule has 7 aromatic carbocycles. The molecule has 2 bridgehead atoms. The smallest absolute Gasteiger partial charge is 0.145 e. The Morgan fingerprint density at radius 3 is 1.95 bits per heavy atom. The maximum Gasteiger partial charge on any atom is 0.145 e. The summed E-state index contributed by atoms with van der Waals surface area (Å²) in [5.74, 6) is 3.10. The van der Waals surface area contributed by atoms with Gasteiger partial charge in [-0.1, -0.05) is 162 Å². The van der Waals surface area contributed by atoms with Crippen LogP contribution < -0.4 is 9.64 Å². The SMILES string of the molecule is Cc1cc(C)c2c(c1)CC(C)c1ccc(C)c3c1N1C(=N[C@]4(C)c5ccc(C(C)(C)C)cc5-c5cc(C(C)(C)C)ccc5[C@]14CC3C)c1cc(Oc3cc4c(cc3C)C(C)(C)c3cc(C(C)(C)C)cc5c6c(C)ccnc6n-4c35)cc-2c1. The third-order valence-electron chi connectivity index (χ3n) is 20.5. The number of ether oxygens (including phenoxy) is 1. The summed E-state index contributed by atoms with van der Waals surface area (Å²) < 4.78 is 10.1. The lowest BCUT2D eigenvalue weighted by molar-refractivity contribution is 0.226. The summed E-state index contributed by atoms with van der Waals surface area (Å²) in [4.78, 5) is 14.4. The summed E-state index contributed by atoms with van der Waals surface area (Å²) in [6, 6.07) is 43.5. The van der Waals surface area contributed by atoms with Gasteiger partial charge in [0.25, 0.3) is 0 Å². The number of amidine groups is 1. The first-order valence-electron chi connectivity index (χ1n) is 30.4. The maximum atomic E-state index is 7.62. The molecule has 4 atom stereocenters. The number of hydrogen-bond donors (Lipinski definition) is 0. The summed E-state index contributed by atoms with van der Waals surface area (Å²) in [5.41, 5.74) is 28.9. The minimum Gasteiger partial charge on any atom is -0.457 e. The topological polar surface area (TPSA) is 42.6 Å². The predicted molar refractivity (Wildman–Crippen MR) is 344 cm³/mol. The molecule has 14 rings (SSSR count). The number of pyridine rings is 1. The summed E-state index contributed by atoms with van der Waals surface area (Å²) in [6.45, 7) is 44.7. The van der Waals surface area contributed by atoms with Gasteiger partial charge in [-0.3, -0.25) is 9.56 Å². The van der Waals surface area contributed by atoms with E-state index in [9.17, 15) is 0 Å². The average Bonchev–Trinajstić information content (AvgIpc) is 1.73. The summed E-state index contributed by atoms with van der Waals surface area (Å²) in [7, 11) is 0. The van der Waals surface area contributed by atoms with Crippen molar-refractivity contribution in [1.29, 1.82) is 0 Å². The van der Waals surface area contributed by atoms with Crippen molar-refractivity contribution in [2.75, 3.05) is 4.90 Å². The highest BCUT2D eigenvalue weighted by Crippen LogP contribution is 2.68.